The first kappa shape index (κ1) is 13.6. The molecule has 18 heavy (non-hydrogen) atoms. The predicted octanol–water partition coefficient (Wildman–Crippen LogP) is 5.21. The minimum atomic E-state index is 0.408. The van der Waals surface area contributed by atoms with Crippen LogP contribution in [0.4, 0.5) is 5.82 Å². The minimum absolute atomic E-state index is 0.408. The number of nitrogens with zero attached hydrogens (tertiary/aromatic N) is 1. The molecule has 2 aromatic rings. The van der Waals surface area contributed by atoms with Gasteiger partial charge in [-0.05, 0) is 52.5 Å². The fourth-order valence-corrected chi connectivity index (χ4v) is 2.60. The van der Waals surface area contributed by atoms with Crippen molar-refractivity contribution in [1.82, 2.24) is 4.98 Å². The van der Waals surface area contributed by atoms with Gasteiger partial charge < -0.3 is 5.32 Å². The van der Waals surface area contributed by atoms with E-state index >= 15 is 0 Å². The van der Waals surface area contributed by atoms with E-state index in [2.05, 4.69) is 48.1 Å². The van der Waals surface area contributed by atoms with Crippen LogP contribution >= 0.6 is 27.5 Å². The van der Waals surface area contributed by atoms with Gasteiger partial charge in [0.25, 0.3) is 0 Å². The van der Waals surface area contributed by atoms with E-state index in [0.29, 0.717) is 5.92 Å². The number of rotatable bonds is 3. The quantitative estimate of drug-likeness (QED) is 0.837. The smallest absolute Gasteiger partial charge is 0.130 e. The Morgan fingerprint density at radius 2 is 2.11 bits per heavy atom. The van der Waals surface area contributed by atoms with Crippen LogP contribution in [-0.2, 0) is 0 Å². The molecule has 2 rings (SSSR count). The third kappa shape index (κ3) is 2.47. The highest BCUT2D eigenvalue weighted by Gasteiger charge is 2.13. The first-order valence-corrected chi connectivity index (χ1v) is 7.24. The highest BCUT2D eigenvalue weighted by atomic mass is 79.9. The van der Waals surface area contributed by atoms with Crippen LogP contribution in [0, 0.1) is 0 Å². The summed E-state index contributed by atoms with van der Waals surface area (Å²) in [5.74, 6) is 1.36. The molecule has 0 atom stereocenters. The van der Waals surface area contributed by atoms with Gasteiger partial charge in [0.05, 0.1) is 10.5 Å². The summed E-state index contributed by atoms with van der Waals surface area (Å²) in [6.07, 6.45) is 0. The van der Waals surface area contributed by atoms with Gasteiger partial charge in [0.15, 0.2) is 0 Å². The van der Waals surface area contributed by atoms with Crippen molar-refractivity contribution in [3.8, 4) is 0 Å². The lowest BCUT2D eigenvalue weighted by Gasteiger charge is -2.15. The average Bonchev–Trinajstić information content (AvgIpc) is 2.34. The summed E-state index contributed by atoms with van der Waals surface area (Å²) < 4.78 is 0.969. The molecule has 1 heterocycles. The zero-order valence-electron chi connectivity index (χ0n) is 10.7. The summed E-state index contributed by atoms with van der Waals surface area (Å²) in [5.41, 5.74) is 2.10. The Bertz CT molecular complexity index is 582. The van der Waals surface area contributed by atoms with Crippen LogP contribution in [0.5, 0.6) is 0 Å². The lowest BCUT2D eigenvalue weighted by Crippen LogP contribution is -2.05. The topological polar surface area (TPSA) is 24.9 Å². The van der Waals surface area contributed by atoms with Gasteiger partial charge in [0.1, 0.15) is 5.82 Å². The van der Waals surface area contributed by atoms with E-state index in [1.54, 1.807) is 0 Å². The van der Waals surface area contributed by atoms with Gasteiger partial charge in [-0.3, -0.25) is 0 Å². The molecule has 0 aliphatic heterocycles. The molecule has 0 saturated carbocycles. The van der Waals surface area contributed by atoms with Crippen LogP contribution in [-0.4, -0.2) is 11.5 Å². The van der Waals surface area contributed by atoms with Crippen LogP contribution in [0.25, 0.3) is 10.9 Å². The standard InChI is InChI=1S/C14H16BrClN2/c1-4-17-14-9(8(2)3)7-10-12(16)6-5-11(15)13(10)18-14/h5-8H,4H2,1-3H3,(H,17,18). The molecule has 1 aromatic carbocycles. The second kappa shape index (κ2) is 5.45. The molecule has 0 saturated heterocycles. The Morgan fingerprint density at radius 1 is 1.39 bits per heavy atom. The van der Waals surface area contributed by atoms with Gasteiger partial charge in [-0.15, -0.1) is 0 Å². The third-order valence-corrected chi connectivity index (χ3v) is 3.85. The molecule has 2 nitrogen and oxygen atoms in total. The van der Waals surface area contributed by atoms with Gasteiger partial charge in [0, 0.05) is 16.4 Å². The number of benzene rings is 1. The second-order valence-electron chi connectivity index (χ2n) is 4.54. The first-order valence-electron chi connectivity index (χ1n) is 6.07. The molecule has 0 spiro atoms. The number of hydrogen-bond acceptors (Lipinski definition) is 2. The Hall–Kier alpha value is -0.800. The number of fused-ring (bicyclic) bond motifs is 1. The number of anilines is 1. The van der Waals surface area contributed by atoms with Crippen LogP contribution in [0.3, 0.4) is 0 Å². The van der Waals surface area contributed by atoms with E-state index in [0.717, 1.165) is 32.8 Å². The molecule has 0 amide bonds. The molecule has 0 aliphatic rings. The molecule has 1 aromatic heterocycles. The van der Waals surface area contributed by atoms with Crippen LogP contribution in [0.2, 0.25) is 5.02 Å². The van der Waals surface area contributed by atoms with E-state index in [4.69, 9.17) is 16.6 Å². The molecular weight excluding hydrogens is 312 g/mol. The van der Waals surface area contributed by atoms with Crippen LogP contribution in [0.1, 0.15) is 32.3 Å². The fourth-order valence-electron chi connectivity index (χ4n) is 1.96. The zero-order valence-corrected chi connectivity index (χ0v) is 13.1. The normalized spacial score (nSPS) is 11.2. The van der Waals surface area contributed by atoms with Crippen molar-refractivity contribution in [2.45, 2.75) is 26.7 Å². The molecule has 0 bridgehead atoms. The van der Waals surface area contributed by atoms with Crippen molar-refractivity contribution in [2.24, 2.45) is 0 Å². The average molecular weight is 328 g/mol. The molecule has 96 valence electrons. The highest BCUT2D eigenvalue weighted by Crippen LogP contribution is 2.34. The van der Waals surface area contributed by atoms with Gasteiger partial charge in [-0.1, -0.05) is 25.4 Å². The third-order valence-electron chi connectivity index (χ3n) is 2.88. The van der Waals surface area contributed by atoms with Crippen molar-refractivity contribution in [1.29, 1.82) is 0 Å². The van der Waals surface area contributed by atoms with Gasteiger partial charge in [-0.2, -0.15) is 0 Å². The van der Waals surface area contributed by atoms with E-state index < -0.39 is 0 Å². The molecule has 1 N–H and O–H groups in total. The maximum atomic E-state index is 6.25. The van der Waals surface area contributed by atoms with Crippen LogP contribution < -0.4 is 5.32 Å². The van der Waals surface area contributed by atoms with Crippen molar-refractivity contribution < 1.29 is 0 Å². The van der Waals surface area contributed by atoms with E-state index in [1.165, 1.54) is 5.56 Å². The largest absolute Gasteiger partial charge is 0.370 e. The number of hydrogen-bond donors (Lipinski definition) is 1. The van der Waals surface area contributed by atoms with Crippen molar-refractivity contribution in [3.63, 3.8) is 0 Å². The van der Waals surface area contributed by atoms with Gasteiger partial charge >= 0.3 is 0 Å². The summed E-state index contributed by atoms with van der Waals surface area (Å²) in [6, 6.07) is 5.97. The van der Waals surface area contributed by atoms with Crippen molar-refractivity contribution in [2.75, 3.05) is 11.9 Å². The minimum Gasteiger partial charge on any atom is -0.370 e. The maximum absolute atomic E-state index is 6.25. The molecule has 0 fully saturated rings. The van der Waals surface area contributed by atoms with Crippen molar-refractivity contribution in [3.05, 3.63) is 33.3 Å². The summed E-state index contributed by atoms with van der Waals surface area (Å²) in [6.45, 7) is 7.25. The van der Waals surface area contributed by atoms with E-state index in [1.807, 2.05) is 12.1 Å². The number of pyridine rings is 1. The van der Waals surface area contributed by atoms with E-state index in [9.17, 15) is 0 Å². The van der Waals surface area contributed by atoms with E-state index in [-0.39, 0.29) is 0 Å². The SMILES string of the molecule is CCNc1nc2c(Br)ccc(Cl)c2cc1C(C)C. The Morgan fingerprint density at radius 3 is 2.72 bits per heavy atom. The number of aromatic nitrogens is 1. The molecular formula is C14H16BrClN2. The predicted molar refractivity (Wildman–Crippen MR) is 82.7 cm³/mol. The second-order valence-corrected chi connectivity index (χ2v) is 5.80. The van der Waals surface area contributed by atoms with Crippen LogP contribution in [0.15, 0.2) is 22.7 Å². The summed E-state index contributed by atoms with van der Waals surface area (Å²) in [4.78, 5) is 4.70. The summed E-state index contributed by atoms with van der Waals surface area (Å²) in [7, 11) is 0. The lowest BCUT2D eigenvalue weighted by molar-refractivity contribution is 0.861. The van der Waals surface area contributed by atoms with Gasteiger partial charge in [0.2, 0.25) is 0 Å². The fraction of sp³-hybridized carbons (Fsp3) is 0.357. The molecule has 0 radical (unpaired) electrons. The highest BCUT2D eigenvalue weighted by molar-refractivity contribution is 9.10. The summed E-state index contributed by atoms with van der Waals surface area (Å²) >= 11 is 9.78. The first-order chi connectivity index (χ1) is 8.54. The monoisotopic (exact) mass is 326 g/mol. The summed E-state index contributed by atoms with van der Waals surface area (Å²) in [5, 5.41) is 5.06. The maximum Gasteiger partial charge on any atom is 0.130 e. The Balaban J connectivity index is 2.75. The molecule has 0 unspecified atom stereocenters. The molecule has 4 heteroatoms. The van der Waals surface area contributed by atoms with Gasteiger partial charge in [-0.25, -0.2) is 4.98 Å². The Kier molecular flexibility index (Phi) is 4.13. The Labute approximate surface area is 121 Å². The zero-order chi connectivity index (χ0) is 13.3. The van der Waals surface area contributed by atoms with Crippen molar-refractivity contribution >= 4 is 44.3 Å². The number of halogens is 2. The number of nitrogens with one attached hydrogen (secondary N) is 1. The molecule has 0 aliphatic carbocycles. The lowest BCUT2D eigenvalue weighted by atomic mass is 10.0.